The number of halogens is 1. The highest BCUT2D eigenvalue weighted by Gasteiger charge is 2.42. The van der Waals surface area contributed by atoms with Crippen LogP contribution in [0.4, 0.5) is 9.59 Å². The summed E-state index contributed by atoms with van der Waals surface area (Å²) in [7, 11) is 4.14. The summed E-state index contributed by atoms with van der Waals surface area (Å²) in [6.45, 7) is 0.902. The van der Waals surface area contributed by atoms with Gasteiger partial charge >= 0.3 is 12.2 Å². The fraction of sp³-hybridized carbons (Fsp3) is 0.277. The van der Waals surface area contributed by atoms with E-state index in [2.05, 4.69) is 25.6 Å². The van der Waals surface area contributed by atoms with Crippen LogP contribution < -0.4 is 10.6 Å². The maximum Gasteiger partial charge on any atom is 0.407 e. The number of ether oxygens (including phenoxy) is 2. The number of nitrogens with one attached hydrogen (secondary N) is 4. The second kappa shape index (κ2) is 19.8. The molecule has 8 rings (SSSR count). The van der Waals surface area contributed by atoms with E-state index in [-0.39, 0.29) is 23.1 Å². The SMILES string of the molecule is COS[C@H]1C[C@@H](c2ncc(-c3ccc(-c4ccc(-c5[nH]c([C@@H]6CCCN6C(=O)[C@@H](NC(=O)OC)c6ccccc6)nc5Cl)cc4)cc3)[nH]2)N(C(=O)[C@@H](NC(=O)OC)c2ccccc2)C1. The van der Waals surface area contributed by atoms with Gasteiger partial charge in [0.15, 0.2) is 5.15 Å². The molecule has 4 N–H and O–H groups in total. The molecule has 4 aromatic carbocycles. The first-order chi connectivity index (χ1) is 31.1. The number of aromatic amines is 2. The minimum atomic E-state index is -0.953. The zero-order chi connectivity index (χ0) is 44.7. The molecule has 5 atom stereocenters. The fourth-order valence-corrected chi connectivity index (χ4v) is 9.42. The first-order valence-electron chi connectivity index (χ1n) is 20.8. The number of benzene rings is 4. The third kappa shape index (κ3) is 9.49. The van der Waals surface area contributed by atoms with Crippen molar-refractivity contribution in [3.63, 3.8) is 0 Å². The van der Waals surface area contributed by atoms with Gasteiger partial charge in [0, 0.05) is 18.7 Å². The Bertz CT molecular complexity index is 2580. The number of likely N-dealkylation sites (tertiary alicyclic amines) is 2. The van der Waals surface area contributed by atoms with Crippen LogP contribution in [0, 0.1) is 0 Å². The van der Waals surface area contributed by atoms with Crippen LogP contribution in [0.3, 0.4) is 0 Å². The quantitative estimate of drug-likeness (QED) is 0.0819. The van der Waals surface area contributed by atoms with Gasteiger partial charge in [0.25, 0.3) is 11.8 Å². The predicted octanol–water partition coefficient (Wildman–Crippen LogP) is 8.58. The summed E-state index contributed by atoms with van der Waals surface area (Å²) in [4.78, 5) is 72.6. The zero-order valence-electron chi connectivity index (χ0n) is 35.3. The maximum absolute atomic E-state index is 14.2. The summed E-state index contributed by atoms with van der Waals surface area (Å²) in [5.74, 6) is 0.667. The Labute approximate surface area is 379 Å². The number of alkyl carbamates (subject to hydrolysis) is 2. The van der Waals surface area contributed by atoms with Gasteiger partial charge in [0.05, 0.1) is 56.2 Å². The molecule has 2 saturated heterocycles. The lowest BCUT2D eigenvalue weighted by atomic mass is 10.0. The van der Waals surface area contributed by atoms with E-state index >= 15 is 0 Å². The van der Waals surface area contributed by atoms with E-state index < -0.39 is 30.3 Å². The number of rotatable bonds is 13. The number of hydrogen-bond acceptors (Lipinski definition) is 10. The van der Waals surface area contributed by atoms with E-state index in [0.29, 0.717) is 59.6 Å². The molecule has 64 heavy (non-hydrogen) atoms. The third-order valence-electron chi connectivity index (χ3n) is 11.6. The van der Waals surface area contributed by atoms with Crippen molar-refractivity contribution in [2.45, 2.75) is 48.7 Å². The Kier molecular flexibility index (Phi) is 13.6. The van der Waals surface area contributed by atoms with Gasteiger partial charge in [-0.2, -0.15) is 0 Å². The number of carbonyl (C=O) groups excluding carboxylic acids is 4. The summed E-state index contributed by atoms with van der Waals surface area (Å²) in [5.41, 5.74) is 6.46. The van der Waals surface area contributed by atoms with Crippen molar-refractivity contribution >= 4 is 47.6 Å². The molecule has 2 fully saturated rings. The number of amides is 4. The Morgan fingerprint density at radius 1 is 0.703 bits per heavy atom. The molecule has 6 aromatic rings. The zero-order valence-corrected chi connectivity index (χ0v) is 36.9. The van der Waals surface area contributed by atoms with Gasteiger partial charge in [0.1, 0.15) is 23.7 Å². The smallest absolute Gasteiger partial charge is 0.407 e. The molecule has 17 heteroatoms. The van der Waals surface area contributed by atoms with Crippen molar-refractivity contribution in [1.29, 1.82) is 0 Å². The molecular formula is C47H47ClN8O7S. The number of methoxy groups -OCH3 is 2. The molecule has 15 nitrogen and oxygen atoms in total. The van der Waals surface area contributed by atoms with Crippen molar-refractivity contribution < 1.29 is 32.8 Å². The molecule has 0 aliphatic carbocycles. The van der Waals surface area contributed by atoms with Crippen LogP contribution in [0.2, 0.25) is 5.15 Å². The molecule has 0 radical (unpaired) electrons. The number of nitrogens with zero attached hydrogens (tertiary/aromatic N) is 4. The monoisotopic (exact) mass is 902 g/mol. The van der Waals surface area contributed by atoms with E-state index in [1.54, 1.807) is 47.4 Å². The lowest BCUT2D eigenvalue weighted by Gasteiger charge is -2.28. The van der Waals surface area contributed by atoms with Crippen molar-refractivity contribution in [2.75, 3.05) is 34.4 Å². The van der Waals surface area contributed by atoms with Gasteiger partial charge in [-0.05, 0) is 59.1 Å². The van der Waals surface area contributed by atoms with Crippen LogP contribution in [0.1, 0.15) is 66.2 Å². The van der Waals surface area contributed by atoms with E-state index in [0.717, 1.165) is 34.4 Å². The molecule has 0 unspecified atom stereocenters. The molecular weight excluding hydrogens is 856 g/mol. The lowest BCUT2D eigenvalue weighted by molar-refractivity contribution is -0.135. The van der Waals surface area contributed by atoms with E-state index in [9.17, 15) is 19.2 Å². The van der Waals surface area contributed by atoms with Gasteiger partial charge in [-0.3, -0.25) is 9.59 Å². The van der Waals surface area contributed by atoms with E-state index in [1.807, 2.05) is 84.9 Å². The normalized spacial score (nSPS) is 18.0. The Morgan fingerprint density at radius 3 is 1.81 bits per heavy atom. The number of carbonyl (C=O) groups is 4. The molecule has 2 aliphatic heterocycles. The highest BCUT2D eigenvalue weighted by atomic mass is 35.5. The standard InChI is InChI=1S/C47H47ClN8O7S/c1-61-46(59)52-39(31-11-6-4-7-12-31)44(57)55-24-10-15-36(55)43-51-38(41(48)54-43)33-22-18-29(19-23-33)28-16-20-30(21-17-28)35-26-49-42(50-35)37-25-34(64-63-3)27-56(37)45(58)40(53-47(60)62-2)32-13-8-5-9-14-32/h4-9,11-14,16-23,26,34,36-37,39-40H,10,15,24-25,27H2,1-3H3,(H,49,50)(H,51,54)(H,52,59)(H,53,60)/t34-,36-,37-,39-,40-/m0/s1. The van der Waals surface area contributed by atoms with Crippen LogP contribution in [-0.2, 0) is 23.2 Å². The first kappa shape index (κ1) is 44.0. The molecule has 0 spiro atoms. The number of aromatic nitrogens is 4. The van der Waals surface area contributed by atoms with E-state index in [4.69, 9.17) is 30.2 Å². The summed E-state index contributed by atoms with van der Waals surface area (Å²) in [5, 5.41) is 5.70. The number of H-pyrrole nitrogens is 2. The molecule has 0 bridgehead atoms. The van der Waals surface area contributed by atoms with Crippen molar-refractivity contribution in [1.82, 2.24) is 40.4 Å². The molecule has 4 amide bonds. The Balaban J connectivity index is 0.961. The molecule has 330 valence electrons. The number of hydrogen-bond donors (Lipinski definition) is 4. The second-order valence-corrected chi connectivity index (χ2v) is 17.0. The minimum Gasteiger partial charge on any atom is -0.453 e. The van der Waals surface area contributed by atoms with Gasteiger partial charge in [-0.1, -0.05) is 121 Å². The molecule has 0 saturated carbocycles. The van der Waals surface area contributed by atoms with Crippen LogP contribution in [0.25, 0.3) is 33.6 Å². The van der Waals surface area contributed by atoms with Crippen LogP contribution in [0.15, 0.2) is 115 Å². The van der Waals surface area contributed by atoms with Crippen molar-refractivity contribution in [2.24, 2.45) is 0 Å². The van der Waals surface area contributed by atoms with Gasteiger partial charge < -0.3 is 44.1 Å². The average Bonchev–Trinajstić information content (AvgIpc) is 4.17. The largest absolute Gasteiger partial charge is 0.453 e. The summed E-state index contributed by atoms with van der Waals surface area (Å²) < 4.78 is 15.1. The second-order valence-electron chi connectivity index (χ2n) is 15.4. The van der Waals surface area contributed by atoms with Crippen LogP contribution in [-0.4, -0.2) is 93.4 Å². The molecule has 4 heterocycles. The minimum absolute atomic E-state index is 0.0103. The van der Waals surface area contributed by atoms with Gasteiger partial charge in [0.2, 0.25) is 0 Å². The molecule has 2 aliphatic rings. The average molecular weight is 903 g/mol. The summed E-state index contributed by atoms with van der Waals surface area (Å²) >= 11 is 8.05. The predicted molar refractivity (Wildman–Crippen MR) is 243 cm³/mol. The first-order valence-corrected chi connectivity index (χ1v) is 21.9. The van der Waals surface area contributed by atoms with Gasteiger partial charge in [-0.25, -0.2) is 19.6 Å². The van der Waals surface area contributed by atoms with Crippen LogP contribution >= 0.6 is 23.6 Å². The lowest BCUT2D eigenvalue weighted by Crippen LogP contribution is -2.43. The van der Waals surface area contributed by atoms with Crippen molar-refractivity contribution in [3.05, 3.63) is 143 Å². The van der Waals surface area contributed by atoms with Crippen molar-refractivity contribution in [3.8, 4) is 33.6 Å². The highest BCUT2D eigenvalue weighted by Crippen LogP contribution is 2.40. The highest BCUT2D eigenvalue weighted by molar-refractivity contribution is 7.95. The maximum atomic E-state index is 14.2. The third-order valence-corrected chi connectivity index (χ3v) is 12.7. The van der Waals surface area contributed by atoms with Gasteiger partial charge in [-0.15, -0.1) is 0 Å². The molecule has 2 aromatic heterocycles. The van der Waals surface area contributed by atoms with E-state index in [1.165, 1.54) is 26.3 Å². The number of imidazole rings is 2. The Morgan fingerprint density at radius 2 is 1.25 bits per heavy atom. The topological polar surface area (TPSA) is 184 Å². The fourth-order valence-electron chi connectivity index (χ4n) is 8.41. The summed E-state index contributed by atoms with van der Waals surface area (Å²) in [6.07, 6.45) is 2.41. The summed E-state index contributed by atoms with van der Waals surface area (Å²) in [6, 6.07) is 31.6. The Hall–Kier alpha value is -6.62. The van der Waals surface area contributed by atoms with Crippen LogP contribution in [0.5, 0.6) is 0 Å².